The highest BCUT2D eigenvalue weighted by Gasteiger charge is 2.29. The van der Waals surface area contributed by atoms with E-state index in [1.54, 1.807) is 0 Å². The molecule has 1 amide bonds. The zero-order valence-electron chi connectivity index (χ0n) is 13.0. The molecule has 2 aromatic heterocycles. The molecule has 2 aromatic rings. The van der Waals surface area contributed by atoms with Gasteiger partial charge in [0.25, 0.3) is 5.91 Å². The van der Waals surface area contributed by atoms with E-state index >= 15 is 0 Å². The minimum Gasteiger partial charge on any atom is -0.346 e. The second-order valence-electron chi connectivity index (χ2n) is 5.84. The second-order valence-corrected chi connectivity index (χ2v) is 6.59. The van der Waals surface area contributed by atoms with Crippen LogP contribution in [-0.4, -0.2) is 43.5 Å². The van der Waals surface area contributed by atoms with Gasteiger partial charge >= 0.3 is 0 Å². The van der Waals surface area contributed by atoms with Gasteiger partial charge in [-0.25, -0.2) is 4.98 Å². The van der Waals surface area contributed by atoms with Crippen molar-refractivity contribution in [2.24, 2.45) is 0 Å². The Morgan fingerprint density at radius 2 is 2.41 bits per heavy atom. The van der Waals surface area contributed by atoms with Crippen molar-refractivity contribution in [2.45, 2.75) is 45.4 Å². The summed E-state index contributed by atoms with van der Waals surface area (Å²) in [6, 6.07) is 0. The molecule has 1 atom stereocenters. The molecular formula is C15H21N5OS. The lowest BCUT2D eigenvalue weighted by Gasteiger charge is -2.31. The van der Waals surface area contributed by atoms with Crippen molar-refractivity contribution >= 4 is 17.4 Å². The number of carbonyl (C=O) groups is 1. The fraction of sp³-hybridized carbons (Fsp3) is 0.600. The van der Waals surface area contributed by atoms with Gasteiger partial charge in [-0.3, -0.25) is 4.79 Å². The maximum atomic E-state index is 12.8. The highest BCUT2D eigenvalue weighted by molar-refractivity contribution is 7.08. The Hall–Kier alpha value is -1.76. The van der Waals surface area contributed by atoms with Crippen molar-refractivity contribution in [1.82, 2.24) is 24.5 Å². The summed E-state index contributed by atoms with van der Waals surface area (Å²) in [6.45, 7) is 5.61. The fourth-order valence-corrected chi connectivity index (χ4v) is 3.62. The molecule has 1 N–H and O–H groups in total. The fourth-order valence-electron chi connectivity index (χ4n) is 2.94. The summed E-state index contributed by atoms with van der Waals surface area (Å²) in [5, 5.41) is 4.10. The Balaban J connectivity index is 1.74. The summed E-state index contributed by atoms with van der Waals surface area (Å²) in [6.07, 6.45) is 5.71. The molecule has 0 unspecified atom stereocenters. The molecule has 1 aliphatic heterocycles. The summed E-state index contributed by atoms with van der Waals surface area (Å²) >= 11 is 1.22. The summed E-state index contributed by atoms with van der Waals surface area (Å²) < 4.78 is 3.96. The topological polar surface area (TPSA) is 74.8 Å². The molecule has 1 fully saturated rings. The Morgan fingerprint density at radius 3 is 3.14 bits per heavy atom. The third-order valence-corrected chi connectivity index (χ3v) is 4.81. The molecule has 22 heavy (non-hydrogen) atoms. The van der Waals surface area contributed by atoms with E-state index < -0.39 is 0 Å². The van der Waals surface area contributed by atoms with Crippen LogP contribution in [0.25, 0.3) is 0 Å². The minimum atomic E-state index is 0.0754. The van der Waals surface area contributed by atoms with Crippen LogP contribution < -0.4 is 0 Å². The standard InChI is InChI=1S/C15H21N5OS/c1-3-5-12-13(22-19-18-12)15(21)20-7-4-6-11(9-20)14-16-8-10(2)17-14/h8,11H,3-7,9H2,1-2H3,(H,16,17)/t11-/m0/s1. The van der Waals surface area contributed by atoms with E-state index in [1.165, 1.54) is 11.5 Å². The average Bonchev–Trinajstić information content (AvgIpc) is 3.16. The number of aromatic nitrogens is 4. The molecule has 3 rings (SSSR count). The van der Waals surface area contributed by atoms with Gasteiger partial charge in [-0.05, 0) is 37.7 Å². The van der Waals surface area contributed by atoms with Gasteiger partial charge in [0.2, 0.25) is 0 Å². The van der Waals surface area contributed by atoms with E-state index in [9.17, 15) is 4.79 Å². The maximum absolute atomic E-state index is 12.8. The summed E-state index contributed by atoms with van der Waals surface area (Å²) in [7, 11) is 0. The first-order chi connectivity index (χ1) is 10.7. The normalized spacial score (nSPS) is 18.6. The molecule has 0 aliphatic carbocycles. The Bertz CT molecular complexity index is 650. The van der Waals surface area contributed by atoms with Gasteiger partial charge in [0, 0.05) is 30.9 Å². The number of likely N-dealkylation sites (tertiary alicyclic amines) is 1. The first-order valence-electron chi connectivity index (χ1n) is 7.81. The van der Waals surface area contributed by atoms with Crippen LogP contribution in [0.1, 0.15) is 59.0 Å². The lowest BCUT2D eigenvalue weighted by atomic mass is 9.97. The van der Waals surface area contributed by atoms with Gasteiger partial charge in [-0.1, -0.05) is 17.8 Å². The number of hydrogen-bond acceptors (Lipinski definition) is 5. The predicted molar refractivity (Wildman–Crippen MR) is 85.1 cm³/mol. The van der Waals surface area contributed by atoms with Gasteiger partial charge in [0.15, 0.2) is 0 Å². The number of amides is 1. The quantitative estimate of drug-likeness (QED) is 0.939. The maximum Gasteiger partial charge on any atom is 0.267 e. The number of nitrogens with one attached hydrogen (secondary N) is 1. The Labute approximate surface area is 134 Å². The minimum absolute atomic E-state index is 0.0754. The molecule has 1 aliphatic rings. The zero-order chi connectivity index (χ0) is 15.5. The van der Waals surface area contributed by atoms with Gasteiger partial charge in [-0.2, -0.15) is 0 Å². The Kier molecular flexibility index (Phi) is 4.52. The largest absolute Gasteiger partial charge is 0.346 e. The molecule has 118 valence electrons. The monoisotopic (exact) mass is 319 g/mol. The lowest BCUT2D eigenvalue weighted by Crippen LogP contribution is -2.39. The summed E-state index contributed by atoms with van der Waals surface area (Å²) in [5.74, 6) is 1.36. The SMILES string of the molecule is CCCc1nnsc1C(=O)N1CCC[C@H](c2ncc(C)[nH]2)C1. The van der Waals surface area contributed by atoms with Gasteiger partial charge in [0.1, 0.15) is 10.7 Å². The Morgan fingerprint density at radius 1 is 1.55 bits per heavy atom. The zero-order valence-corrected chi connectivity index (χ0v) is 13.8. The summed E-state index contributed by atoms with van der Waals surface area (Å²) in [4.78, 5) is 23.1. The number of aryl methyl sites for hydroxylation is 2. The highest BCUT2D eigenvalue weighted by Crippen LogP contribution is 2.27. The van der Waals surface area contributed by atoms with Crippen molar-refractivity contribution in [3.63, 3.8) is 0 Å². The van der Waals surface area contributed by atoms with E-state index in [0.29, 0.717) is 10.8 Å². The van der Waals surface area contributed by atoms with Crippen molar-refractivity contribution in [3.8, 4) is 0 Å². The second kappa shape index (κ2) is 6.56. The third-order valence-electron chi connectivity index (χ3n) is 4.05. The molecule has 0 saturated carbocycles. The molecule has 0 aromatic carbocycles. The van der Waals surface area contributed by atoms with Crippen molar-refractivity contribution < 1.29 is 4.79 Å². The van der Waals surface area contributed by atoms with Crippen LogP contribution in [0.5, 0.6) is 0 Å². The molecule has 0 bridgehead atoms. The molecule has 7 heteroatoms. The van der Waals surface area contributed by atoms with Crippen LogP contribution in [0, 0.1) is 6.92 Å². The number of rotatable bonds is 4. The number of piperidine rings is 1. The highest BCUT2D eigenvalue weighted by atomic mass is 32.1. The van der Waals surface area contributed by atoms with Gasteiger partial charge in [0.05, 0.1) is 5.69 Å². The van der Waals surface area contributed by atoms with Crippen LogP contribution >= 0.6 is 11.5 Å². The number of aromatic amines is 1. The lowest BCUT2D eigenvalue weighted by molar-refractivity contribution is 0.0708. The van der Waals surface area contributed by atoms with Crippen LogP contribution in [0.3, 0.4) is 0 Å². The van der Waals surface area contributed by atoms with Crippen molar-refractivity contribution in [1.29, 1.82) is 0 Å². The molecule has 0 radical (unpaired) electrons. The van der Waals surface area contributed by atoms with Crippen LogP contribution in [-0.2, 0) is 6.42 Å². The van der Waals surface area contributed by atoms with E-state index in [-0.39, 0.29) is 5.91 Å². The number of carbonyl (C=O) groups excluding carboxylic acids is 1. The first kappa shape index (κ1) is 15.1. The molecular weight excluding hydrogens is 298 g/mol. The van der Waals surface area contributed by atoms with E-state index in [0.717, 1.165) is 56.0 Å². The number of nitrogens with zero attached hydrogens (tertiary/aromatic N) is 4. The van der Waals surface area contributed by atoms with Gasteiger partial charge < -0.3 is 9.88 Å². The molecule has 3 heterocycles. The number of H-pyrrole nitrogens is 1. The predicted octanol–water partition coefficient (Wildman–Crippen LogP) is 2.54. The van der Waals surface area contributed by atoms with Crippen LogP contribution in [0.15, 0.2) is 6.20 Å². The molecule has 0 spiro atoms. The van der Waals surface area contributed by atoms with E-state index in [4.69, 9.17) is 0 Å². The molecule has 1 saturated heterocycles. The first-order valence-corrected chi connectivity index (χ1v) is 8.58. The van der Waals surface area contributed by atoms with E-state index in [2.05, 4.69) is 26.5 Å². The number of hydrogen-bond donors (Lipinski definition) is 1. The van der Waals surface area contributed by atoms with Crippen LogP contribution in [0.2, 0.25) is 0 Å². The van der Waals surface area contributed by atoms with Gasteiger partial charge in [-0.15, -0.1) is 5.10 Å². The van der Waals surface area contributed by atoms with Crippen LogP contribution in [0.4, 0.5) is 0 Å². The third kappa shape index (κ3) is 3.04. The summed E-state index contributed by atoms with van der Waals surface area (Å²) in [5.41, 5.74) is 1.91. The molecule has 6 nitrogen and oxygen atoms in total. The van der Waals surface area contributed by atoms with Crippen molar-refractivity contribution in [3.05, 3.63) is 28.3 Å². The van der Waals surface area contributed by atoms with Crippen molar-refractivity contribution in [2.75, 3.05) is 13.1 Å². The average molecular weight is 319 g/mol. The smallest absolute Gasteiger partial charge is 0.267 e. The number of imidazole rings is 1. The van der Waals surface area contributed by atoms with E-state index in [1.807, 2.05) is 18.0 Å².